The van der Waals surface area contributed by atoms with E-state index in [2.05, 4.69) is 11.9 Å². The molecule has 4 rings (SSSR count). The van der Waals surface area contributed by atoms with Crippen LogP contribution in [0.2, 0.25) is 0 Å². The molecule has 0 radical (unpaired) electrons. The highest BCUT2D eigenvalue weighted by molar-refractivity contribution is 7.22. The lowest BCUT2D eigenvalue weighted by atomic mass is 10.2. The maximum Gasteiger partial charge on any atom is 0.260 e. The van der Waals surface area contributed by atoms with Crippen LogP contribution in [0.1, 0.15) is 43.0 Å². The standard InChI is InChI=1S/C26H30N4O3S/c1-3-4-5-17-33-21-10-6-9-20(18-21)25(31)30(15-8-14-29-16-13-27-19-29)26-28-24-22(32-2)11-7-12-23(24)34-26/h6-7,9-13,16,18-19H,3-5,8,14-15,17H2,1-2H3. The number of ether oxygens (including phenoxy) is 2. The fourth-order valence-electron chi connectivity index (χ4n) is 3.72. The van der Waals surface area contributed by atoms with Crippen LogP contribution in [0.25, 0.3) is 10.2 Å². The maximum absolute atomic E-state index is 13.7. The molecule has 7 nitrogen and oxygen atoms in total. The Hall–Kier alpha value is -3.39. The van der Waals surface area contributed by atoms with Crippen LogP contribution in [0.4, 0.5) is 5.13 Å². The van der Waals surface area contributed by atoms with Crippen molar-refractivity contribution in [1.82, 2.24) is 14.5 Å². The van der Waals surface area contributed by atoms with Crippen molar-refractivity contribution in [1.29, 1.82) is 0 Å². The Kier molecular flexibility index (Phi) is 8.14. The van der Waals surface area contributed by atoms with Crippen LogP contribution in [0.5, 0.6) is 11.5 Å². The summed E-state index contributed by atoms with van der Waals surface area (Å²) in [6.07, 6.45) is 9.51. The number of para-hydroxylation sites is 1. The molecule has 2 heterocycles. The summed E-state index contributed by atoms with van der Waals surface area (Å²) in [6, 6.07) is 13.2. The summed E-state index contributed by atoms with van der Waals surface area (Å²) in [4.78, 5) is 24.3. The van der Waals surface area contributed by atoms with Gasteiger partial charge in [-0.25, -0.2) is 9.97 Å². The van der Waals surface area contributed by atoms with Crippen LogP contribution >= 0.6 is 11.3 Å². The van der Waals surface area contributed by atoms with E-state index in [1.165, 1.54) is 11.3 Å². The van der Waals surface area contributed by atoms with Gasteiger partial charge in [-0.05, 0) is 43.2 Å². The van der Waals surface area contributed by atoms with Crippen molar-refractivity contribution in [3.63, 3.8) is 0 Å². The summed E-state index contributed by atoms with van der Waals surface area (Å²) in [5, 5.41) is 0.657. The summed E-state index contributed by atoms with van der Waals surface area (Å²) < 4.78 is 14.4. The minimum atomic E-state index is -0.0948. The minimum absolute atomic E-state index is 0.0948. The lowest BCUT2D eigenvalue weighted by molar-refractivity contribution is 0.0986. The predicted octanol–water partition coefficient (Wildman–Crippen LogP) is 5.81. The fraction of sp³-hybridized carbons (Fsp3) is 0.346. The lowest BCUT2D eigenvalue weighted by Gasteiger charge is -2.20. The zero-order chi connectivity index (χ0) is 23.8. The van der Waals surface area contributed by atoms with Crippen LogP contribution in [0, 0.1) is 0 Å². The molecule has 0 atom stereocenters. The zero-order valence-corrected chi connectivity index (χ0v) is 20.5. The molecule has 0 aliphatic rings. The van der Waals surface area contributed by atoms with Crippen LogP contribution in [-0.4, -0.2) is 40.7 Å². The van der Waals surface area contributed by atoms with Crippen molar-refractivity contribution in [2.75, 3.05) is 25.2 Å². The Labute approximate surface area is 204 Å². The summed E-state index contributed by atoms with van der Waals surface area (Å²) in [7, 11) is 1.63. The second-order valence-electron chi connectivity index (χ2n) is 8.00. The van der Waals surface area contributed by atoms with Crippen molar-refractivity contribution >= 4 is 32.6 Å². The third kappa shape index (κ3) is 5.75. The van der Waals surface area contributed by atoms with Gasteiger partial charge in [-0.2, -0.15) is 0 Å². The first kappa shape index (κ1) is 23.8. The number of thiazole rings is 1. The predicted molar refractivity (Wildman–Crippen MR) is 136 cm³/mol. The molecule has 0 fully saturated rings. The molecule has 1 amide bonds. The smallest absolute Gasteiger partial charge is 0.260 e. The molecule has 0 spiro atoms. The summed E-state index contributed by atoms with van der Waals surface area (Å²) in [6.45, 7) is 4.11. The topological polar surface area (TPSA) is 69.5 Å². The maximum atomic E-state index is 13.7. The van der Waals surface area contributed by atoms with Gasteiger partial charge in [-0.3, -0.25) is 9.69 Å². The van der Waals surface area contributed by atoms with Gasteiger partial charge in [0.1, 0.15) is 17.0 Å². The number of nitrogens with zero attached hydrogens (tertiary/aromatic N) is 4. The van der Waals surface area contributed by atoms with E-state index in [-0.39, 0.29) is 5.91 Å². The van der Waals surface area contributed by atoms with Gasteiger partial charge in [0.05, 0.1) is 24.7 Å². The van der Waals surface area contributed by atoms with E-state index >= 15 is 0 Å². The highest BCUT2D eigenvalue weighted by Crippen LogP contribution is 2.35. The molecule has 0 saturated heterocycles. The van der Waals surface area contributed by atoms with Gasteiger partial charge in [-0.15, -0.1) is 0 Å². The second-order valence-corrected chi connectivity index (χ2v) is 9.01. The molecule has 0 aliphatic carbocycles. The first-order chi connectivity index (χ1) is 16.7. The number of rotatable bonds is 12. The Morgan fingerprint density at radius 2 is 2.03 bits per heavy atom. The number of benzene rings is 2. The Morgan fingerprint density at radius 3 is 2.82 bits per heavy atom. The number of hydrogen-bond acceptors (Lipinski definition) is 6. The molecule has 0 aliphatic heterocycles. The molecule has 2 aromatic heterocycles. The largest absolute Gasteiger partial charge is 0.494 e. The summed E-state index contributed by atoms with van der Waals surface area (Å²) in [5.74, 6) is 1.32. The number of imidazole rings is 1. The third-order valence-electron chi connectivity index (χ3n) is 5.52. The summed E-state index contributed by atoms with van der Waals surface area (Å²) in [5.41, 5.74) is 1.35. The van der Waals surface area contributed by atoms with E-state index in [4.69, 9.17) is 14.5 Å². The number of aromatic nitrogens is 3. The van der Waals surface area contributed by atoms with E-state index in [9.17, 15) is 4.79 Å². The fourth-order valence-corrected chi connectivity index (χ4v) is 4.73. The van der Waals surface area contributed by atoms with Gasteiger partial charge in [0.25, 0.3) is 5.91 Å². The van der Waals surface area contributed by atoms with Crippen molar-refractivity contribution in [2.45, 2.75) is 39.2 Å². The first-order valence-corrected chi connectivity index (χ1v) is 12.4. The average Bonchev–Trinajstić information content (AvgIpc) is 3.54. The number of carbonyl (C=O) groups is 1. The van der Waals surface area contributed by atoms with Crippen LogP contribution in [-0.2, 0) is 6.54 Å². The quantitative estimate of drug-likeness (QED) is 0.240. The molecule has 8 heteroatoms. The number of aryl methyl sites for hydroxylation is 1. The minimum Gasteiger partial charge on any atom is -0.494 e. The third-order valence-corrected chi connectivity index (χ3v) is 6.57. The van der Waals surface area contributed by atoms with Crippen LogP contribution in [0.3, 0.4) is 0 Å². The van der Waals surface area contributed by atoms with Crippen molar-refractivity contribution in [3.05, 3.63) is 66.7 Å². The van der Waals surface area contributed by atoms with Crippen LogP contribution in [0.15, 0.2) is 61.2 Å². The number of methoxy groups -OCH3 is 1. The Morgan fingerprint density at radius 1 is 1.15 bits per heavy atom. The SMILES string of the molecule is CCCCCOc1cccc(C(=O)N(CCCn2ccnc2)c2nc3c(OC)cccc3s2)c1. The number of fused-ring (bicyclic) bond motifs is 1. The number of hydrogen-bond donors (Lipinski definition) is 0. The second kappa shape index (κ2) is 11.7. The number of amides is 1. The molecule has 2 aromatic carbocycles. The van der Waals surface area contributed by atoms with E-state index in [0.717, 1.165) is 42.4 Å². The molecule has 34 heavy (non-hydrogen) atoms. The molecule has 0 bridgehead atoms. The summed E-state index contributed by atoms with van der Waals surface area (Å²) >= 11 is 1.49. The average molecular weight is 479 g/mol. The molecule has 0 saturated carbocycles. The monoisotopic (exact) mass is 478 g/mol. The Balaban J connectivity index is 1.58. The zero-order valence-electron chi connectivity index (χ0n) is 19.6. The molecule has 178 valence electrons. The van der Waals surface area contributed by atoms with Gasteiger partial charge in [0.2, 0.25) is 0 Å². The highest BCUT2D eigenvalue weighted by atomic mass is 32.1. The Bertz CT molecular complexity index is 1210. The van der Waals surface area contributed by atoms with Gasteiger partial charge in [0.15, 0.2) is 5.13 Å². The number of carbonyl (C=O) groups excluding carboxylic acids is 1. The van der Waals surface area contributed by atoms with E-state index in [1.807, 2.05) is 53.2 Å². The van der Waals surface area contributed by atoms with Gasteiger partial charge < -0.3 is 14.0 Å². The number of unbranched alkanes of at least 4 members (excludes halogenated alkanes) is 2. The lowest BCUT2D eigenvalue weighted by Crippen LogP contribution is -2.32. The first-order valence-electron chi connectivity index (χ1n) is 11.6. The van der Waals surface area contributed by atoms with Crippen molar-refractivity contribution < 1.29 is 14.3 Å². The molecule has 0 unspecified atom stereocenters. The molecular formula is C26H30N4O3S. The van der Waals surface area contributed by atoms with Crippen molar-refractivity contribution in [3.8, 4) is 11.5 Å². The number of anilines is 1. The molecular weight excluding hydrogens is 448 g/mol. The van der Waals surface area contributed by atoms with Gasteiger partial charge >= 0.3 is 0 Å². The molecule has 0 N–H and O–H groups in total. The van der Waals surface area contributed by atoms with Gasteiger partial charge in [-0.1, -0.05) is 43.2 Å². The highest BCUT2D eigenvalue weighted by Gasteiger charge is 2.22. The van der Waals surface area contributed by atoms with Crippen molar-refractivity contribution in [2.24, 2.45) is 0 Å². The van der Waals surface area contributed by atoms with E-state index in [1.54, 1.807) is 24.5 Å². The van der Waals surface area contributed by atoms with Crippen LogP contribution < -0.4 is 14.4 Å². The molecule has 4 aromatic rings. The van der Waals surface area contributed by atoms with Gasteiger partial charge in [0, 0.05) is 31.0 Å². The normalized spacial score (nSPS) is 11.0. The van der Waals surface area contributed by atoms with E-state index < -0.39 is 0 Å². The van der Waals surface area contributed by atoms with E-state index in [0.29, 0.717) is 35.3 Å².